The number of nitrogens with zero attached hydrogens (tertiary/aromatic N) is 1. The fourth-order valence-corrected chi connectivity index (χ4v) is 2.71. The lowest BCUT2D eigenvalue weighted by Gasteiger charge is -2.32. The summed E-state index contributed by atoms with van der Waals surface area (Å²) in [7, 11) is 2.15. The van der Waals surface area contributed by atoms with Crippen LogP contribution in [0.15, 0.2) is 0 Å². The molecule has 16 heavy (non-hydrogen) atoms. The van der Waals surface area contributed by atoms with Crippen molar-refractivity contribution >= 4 is 0 Å². The molecule has 2 aliphatic rings. The van der Waals surface area contributed by atoms with Crippen molar-refractivity contribution in [3.05, 3.63) is 0 Å². The van der Waals surface area contributed by atoms with Crippen molar-refractivity contribution in [3.8, 4) is 0 Å². The summed E-state index contributed by atoms with van der Waals surface area (Å²) in [4.78, 5) is 2.34. The lowest BCUT2D eigenvalue weighted by molar-refractivity contribution is 0.0619. The molecule has 0 bridgehead atoms. The van der Waals surface area contributed by atoms with E-state index in [1.54, 1.807) is 0 Å². The third-order valence-corrected chi connectivity index (χ3v) is 3.79. The summed E-state index contributed by atoms with van der Waals surface area (Å²) in [6.45, 7) is 6.64. The fraction of sp³-hybridized carbons (Fsp3) is 1.00. The minimum absolute atomic E-state index is 0.105. The number of nitrogens with two attached hydrogens (primary N) is 1. The first-order valence-corrected chi connectivity index (χ1v) is 6.24. The molecule has 2 aliphatic heterocycles. The van der Waals surface area contributed by atoms with Gasteiger partial charge in [-0.25, -0.2) is 0 Å². The van der Waals surface area contributed by atoms with Crippen LogP contribution < -0.4 is 5.73 Å². The molecule has 0 radical (unpaired) electrons. The predicted octanol–water partition coefficient (Wildman–Crippen LogP) is 0.461. The highest BCUT2D eigenvalue weighted by Gasteiger charge is 2.38. The number of hydrogen-bond acceptors (Lipinski definition) is 4. The maximum atomic E-state index is 6.09. The van der Waals surface area contributed by atoms with Crippen LogP contribution in [0, 0.1) is 5.41 Å². The topological polar surface area (TPSA) is 47.7 Å². The van der Waals surface area contributed by atoms with Crippen LogP contribution in [0.5, 0.6) is 0 Å². The van der Waals surface area contributed by atoms with Crippen molar-refractivity contribution in [3.63, 3.8) is 0 Å². The SMILES string of the molecule is CN(CC1CCCO1)CC1(C)COCC1N. The van der Waals surface area contributed by atoms with E-state index < -0.39 is 0 Å². The highest BCUT2D eigenvalue weighted by atomic mass is 16.5. The van der Waals surface area contributed by atoms with E-state index in [9.17, 15) is 0 Å². The summed E-state index contributed by atoms with van der Waals surface area (Å²) in [6, 6.07) is 0.166. The van der Waals surface area contributed by atoms with E-state index in [2.05, 4.69) is 18.9 Å². The van der Waals surface area contributed by atoms with Gasteiger partial charge in [-0.15, -0.1) is 0 Å². The van der Waals surface area contributed by atoms with Crippen molar-refractivity contribution in [1.82, 2.24) is 4.90 Å². The molecule has 0 saturated carbocycles. The molecule has 0 aliphatic carbocycles. The summed E-state index contributed by atoms with van der Waals surface area (Å²) in [5.74, 6) is 0. The lowest BCUT2D eigenvalue weighted by Crippen LogP contribution is -2.47. The number of ether oxygens (including phenoxy) is 2. The summed E-state index contributed by atoms with van der Waals surface area (Å²) >= 11 is 0. The molecule has 4 nitrogen and oxygen atoms in total. The summed E-state index contributed by atoms with van der Waals surface area (Å²) in [5.41, 5.74) is 6.19. The maximum Gasteiger partial charge on any atom is 0.0702 e. The van der Waals surface area contributed by atoms with Crippen LogP contribution >= 0.6 is 0 Å². The van der Waals surface area contributed by atoms with Gasteiger partial charge in [0.15, 0.2) is 0 Å². The number of hydrogen-bond donors (Lipinski definition) is 1. The van der Waals surface area contributed by atoms with Crippen molar-refractivity contribution in [2.24, 2.45) is 11.1 Å². The van der Waals surface area contributed by atoms with Crippen LogP contribution in [-0.4, -0.2) is 57.0 Å². The van der Waals surface area contributed by atoms with Gasteiger partial charge in [0.25, 0.3) is 0 Å². The molecule has 0 spiro atoms. The van der Waals surface area contributed by atoms with E-state index >= 15 is 0 Å². The molecule has 2 saturated heterocycles. The van der Waals surface area contributed by atoms with Crippen LogP contribution in [0.2, 0.25) is 0 Å². The van der Waals surface area contributed by atoms with Gasteiger partial charge in [-0.05, 0) is 19.9 Å². The second-order valence-electron chi connectivity index (χ2n) is 5.61. The normalized spacial score (nSPS) is 39.8. The molecule has 2 N–H and O–H groups in total. The molecule has 0 aromatic heterocycles. The highest BCUT2D eigenvalue weighted by Crippen LogP contribution is 2.28. The zero-order valence-corrected chi connectivity index (χ0v) is 10.4. The molecule has 2 rings (SSSR count). The number of rotatable bonds is 4. The molecule has 4 heteroatoms. The Morgan fingerprint density at radius 2 is 2.31 bits per heavy atom. The minimum Gasteiger partial charge on any atom is -0.379 e. The maximum absolute atomic E-state index is 6.09. The standard InChI is InChI=1S/C12H24N2O2/c1-12(9-15-7-11(12)13)8-14(2)6-10-4-3-5-16-10/h10-11H,3-9,13H2,1-2H3. The van der Waals surface area contributed by atoms with Crippen molar-refractivity contribution in [1.29, 1.82) is 0 Å². The number of likely N-dealkylation sites (N-methyl/N-ethyl adjacent to an activating group) is 1. The largest absolute Gasteiger partial charge is 0.379 e. The third-order valence-electron chi connectivity index (χ3n) is 3.79. The third kappa shape index (κ3) is 2.74. The van der Waals surface area contributed by atoms with Gasteiger partial charge in [0.05, 0.1) is 19.3 Å². The molecule has 2 heterocycles. The van der Waals surface area contributed by atoms with Gasteiger partial charge in [-0.3, -0.25) is 0 Å². The van der Waals surface area contributed by atoms with Crippen LogP contribution in [-0.2, 0) is 9.47 Å². The van der Waals surface area contributed by atoms with Crippen LogP contribution in [0.4, 0.5) is 0 Å². The molecule has 0 amide bonds. The molecule has 3 unspecified atom stereocenters. The average Bonchev–Trinajstić information content (AvgIpc) is 2.79. The first-order chi connectivity index (χ1) is 7.60. The monoisotopic (exact) mass is 228 g/mol. The molecular weight excluding hydrogens is 204 g/mol. The Labute approximate surface area is 98.1 Å². The Morgan fingerprint density at radius 1 is 1.50 bits per heavy atom. The van der Waals surface area contributed by atoms with E-state index in [1.165, 1.54) is 12.8 Å². The van der Waals surface area contributed by atoms with Crippen LogP contribution in [0.3, 0.4) is 0 Å². The van der Waals surface area contributed by atoms with Crippen LogP contribution in [0.25, 0.3) is 0 Å². The molecule has 2 fully saturated rings. The van der Waals surface area contributed by atoms with Gasteiger partial charge in [-0.1, -0.05) is 6.92 Å². The van der Waals surface area contributed by atoms with E-state index in [1.807, 2.05) is 0 Å². The van der Waals surface area contributed by atoms with Gasteiger partial charge in [-0.2, -0.15) is 0 Å². The van der Waals surface area contributed by atoms with E-state index in [-0.39, 0.29) is 11.5 Å². The first-order valence-electron chi connectivity index (χ1n) is 6.24. The highest BCUT2D eigenvalue weighted by molar-refractivity contribution is 4.92. The Balaban J connectivity index is 1.79. The van der Waals surface area contributed by atoms with Crippen LogP contribution in [0.1, 0.15) is 19.8 Å². The lowest BCUT2D eigenvalue weighted by atomic mass is 9.85. The second kappa shape index (κ2) is 5.00. The van der Waals surface area contributed by atoms with Crippen molar-refractivity contribution in [2.75, 3.05) is 40.0 Å². The quantitative estimate of drug-likeness (QED) is 0.759. The van der Waals surface area contributed by atoms with Crippen molar-refractivity contribution in [2.45, 2.75) is 31.9 Å². The second-order valence-corrected chi connectivity index (χ2v) is 5.61. The predicted molar refractivity (Wildman–Crippen MR) is 63.4 cm³/mol. The minimum atomic E-state index is 0.105. The average molecular weight is 228 g/mol. The van der Waals surface area contributed by atoms with Gasteiger partial charge >= 0.3 is 0 Å². The van der Waals surface area contributed by atoms with E-state index in [0.717, 1.165) is 26.3 Å². The molecular formula is C12H24N2O2. The fourth-order valence-electron chi connectivity index (χ4n) is 2.71. The Bertz CT molecular complexity index is 231. The molecule has 0 aromatic rings. The van der Waals surface area contributed by atoms with Gasteiger partial charge in [0.2, 0.25) is 0 Å². The van der Waals surface area contributed by atoms with Gasteiger partial charge in [0.1, 0.15) is 0 Å². The van der Waals surface area contributed by atoms with Gasteiger partial charge in [0, 0.05) is 31.2 Å². The summed E-state index contributed by atoms with van der Waals surface area (Å²) in [6.07, 6.45) is 2.83. The Kier molecular flexibility index (Phi) is 3.85. The summed E-state index contributed by atoms with van der Waals surface area (Å²) in [5, 5.41) is 0. The Hall–Kier alpha value is -0.160. The first kappa shape index (κ1) is 12.3. The Morgan fingerprint density at radius 3 is 2.88 bits per heavy atom. The molecule has 94 valence electrons. The van der Waals surface area contributed by atoms with E-state index in [0.29, 0.717) is 12.7 Å². The molecule has 0 aromatic carbocycles. The zero-order valence-electron chi connectivity index (χ0n) is 10.4. The summed E-state index contributed by atoms with van der Waals surface area (Å²) < 4.78 is 11.1. The van der Waals surface area contributed by atoms with Gasteiger partial charge < -0.3 is 20.1 Å². The zero-order chi connectivity index (χ0) is 11.6. The van der Waals surface area contributed by atoms with Crippen molar-refractivity contribution < 1.29 is 9.47 Å². The smallest absolute Gasteiger partial charge is 0.0702 e. The van der Waals surface area contributed by atoms with E-state index in [4.69, 9.17) is 15.2 Å². The molecule has 3 atom stereocenters.